The normalized spacial score (nSPS) is 13.1. The van der Waals surface area contributed by atoms with Gasteiger partial charge in [0.2, 0.25) is 0 Å². The molecule has 1 rings (SSSR count). The molecule has 0 saturated heterocycles. The van der Waals surface area contributed by atoms with Gasteiger partial charge in [0.1, 0.15) is 0 Å². The van der Waals surface area contributed by atoms with Gasteiger partial charge < -0.3 is 14.9 Å². The van der Waals surface area contributed by atoms with E-state index in [0.717, 1.165) is 29.7 Å². The van der Waals surface area contributed by atoms with E-state index >= 15 is 0 Å². The highest BCUT2D eigenvalue weighted by Crippen LogP contribution is 2.28. The first kappa shape index (κ1) is 17.5. The van der Waals surface area contributed by atoms with Gasteiger partial charge in [-0.25, -0.2) is 0 Å². The Morgan fingerprint density at radius 2 is 1.80 bits per heavy atom. The Morgan fingerprint density at radius 1 is 1.15 bits per heavy atom. The third-order valence-corrected chi connectivity index (χ3v) is 3.89. The van der Waals surface area contributed by atoms with Crippen LogP contribution < -0.4 is 4.90 Å². The van der Waals surface area contributed by atoms with E-state index in [1.165, 1.54) is 5.69 Å². The molecule has 0 heterocycles. The van der Waals surface area contributed by atoms with Gasteiger partial charge in [0, 0.05) is 29.8 Å². The Hall–Kier alpha value is -0.580. The fourth-order valence-electron chi connectivity index (χ4n) is 2.14. The molecular formula is C16H27BrN2O. The van der Waals surface area contributed by atoms with Crippen LogP contribution in [0, 0.1) is 5.92 Å². The van der Waals surface area contributed by atoms with Gasteiger partial charge in [-0.15, -0.1) is 0 Å². The van der Waals surface area contributed by atoms with Gasteiger partial charge in [0.25, 0.3) is 0 Å². The molecule has 0 aliphatic heterocycles. The van der Waals surface area contributed by atoms with Crippen molar-refractivity contribution in [3.8, 4) is 0 Å². The molecule has 4 heteroatoms. The van der Waals surface area contributed by atoms with E-state index in [0.29, 0.717) is 5.92 Å². The summed E-state index contributed by atoms with van der Waals surface area (Å²) >= 11 is 3.57. The number of nitrogens with zero attached hydrogens (tertiary/aromatic N) is 2. The number of aliphatic hydroxyl groups excluding tert-OH is 1. The lowest BCUT2D eigenvalue weighted by Gasteiger charge is -2.28. The summed E-state index contributed by atoms with van der Waals surface area (Å²) in [5, 5.41) is 9.71. The van der Waals surface area contributed by atoms with Gasteiger partial charge in [-0.05, 0) is 44.6 Å². The highest BCUT2D eigenvalue weighted by molar-refractivity contribution is 9.10. The number of likely N-dealkylation sites (N-methyl/N-ethyl adjacent to an activating group) is 1. The molecule has 1 atom stereocenters. The van der Waals surface area contributed by atoms with E-state index < -0.39 is 6.10 Å². The molecule has 0 spiro atoms. The van der Waals surface area contributed by atoms with Crippen LogP contribution in [0.3, 0.4) is 0 Å². The maximum absolute atomic E-state index is 9.71. The van der Waals surface area contributed by atoms with E-state index in [2.05, 4.69) is 65.8 Å². The lowest BCUT2D eigenvalue weighted by Crippen LogP contribution is -2.34. The molecule has 3 nitrogen and oxygen atoms in total. The zero-order chi connectivity index (χ0) is 15.3. The number of benzene rings is 1. The topological polar surface area (TPSA) is 26.7 Å². The van der Waals surface area contributed by atoms with E-state index in [1.807, 2.05) is 6.07 Å². The van der Waals surface area contributed by atoms with E-state index in [-0.39, 0.29) is 0 Å². The SMILES string of the molecule is CC(C)CN(CCN(C)C)c1ccc(C(C)O)c(Br)c1. The maximum Gasteiger partial charge on any atom is 0.0772 e. The summed E-state index contributed by atoms with van der Waals surface area (Å²) in [5.74, 6) is 0.618. The van der Waals surface area contributed by atoms with Crippen molar-refractivity contribution in [3.63, 3.8) is 0 Å². The second kappa shape index (κ2) is 8.01. The number of aliphatic hydroxyl groups is 1. The van der Waals surface area contributed by atoms with Crippen molar-refractivity contribution < 1.29 is 5.11 Å². The van der Waals surface area contributed by atoms with E-state index in [1.54, 1.807) is 6.92 Å². The lowest BCUT2D eigenvalue weighted by molar-refractivity contribution is 0.198. The molecule has 0 aliphatic carbocycles. The summed E-state index contributed by atoms with van der Waals surface area (Å²) in [4.78, 5) is 4.60. The van der Waals surface area contributed by atoms with Crippen molar-refractivity contribution in [1.29, 1.82) is 0 Å². The van der Waals surface area contributed by atoms with Crippen LogP contribution in [0.2, 0.25) is 0 Å². The number of anilines is 1. The van der Waals surface area contributed by atoms with Gasteiger partial charge >= 0.3 is 0 Å². The highest BCUT2D eigenvalue weighted by atomic mass is 79.9. The Morgan fingerprint density at radius 3 is 2.25 bits per heavy atom. The van der Waals surface area contributed by atoms with Crippen LogP contribution in [0.1, 0.15) is 32.4 Å². The Kier molecular flexibility index (Phi) is 7.00. The number of hydrogen-bond acceptors (Lipinski definition) is 3. The van der Waals surface area contributed by atoms with Crippen LogP contribution in [0.4, 0.5) is 5.69 Å². The largest absolute Gasteiger partial charge is 0.389 e. The molecule has 0 aliphatic rings. The number of hydrogen-bond donors (Lipinski definition) is 1. The molecule has 0 bridgehead atoms. The van der Waals surface area contributed by atoms with Gasteiger partial charge in [0.05, 0.1) is 6.10 Å². The average Bonchev–Trinajstić information content (AvgIpc) is 2.33. The minimum Gasteiger partial charge on any atom is -0.389 e. The predicted octanol–water partition coefficient (Wildman–Crippen LogP) is 3.53. The van der Waals surface area contributed by atoms with Gasteiger partial charge in [-0.3, -0.25) is 0 Å². The van der Waals surface area contributed by atoms with E-state index in [4.69, 9.17) is 0 Å². The minimum atomic E-state index is -0.446. The molecule has 1 N–H and O–H groups in total. The smallest absolute Gasteiger partial charge is 0.0772 e. The maximum atomic E-state index is 9.71. The van der Waals surface area contributed by atoms with Gasteiger partial charge in [-0.2, -0.15) is 0 Å². The second-order valence-electron chi connectivity index (χ2n) is 6.02. The molecular weight excluding hydrogens is 316 g/mol. The molecule has 0 radical (unpaired) electrons. The van der Waals surface area contributed by atoms with Crippen molar-refractivity contribution >= 4 is 21.6 Å². The molecule has 1 aromatic rings. The second-order valence-corrected chi connectivity index (χ2v) is 6.88. The third-order valence-electron chi connectivity index (χ3n) is 3.20. The predicted molar refractivity (Wildman–Crippen MR) is 90.4 cm³/mol. The van der Waals surface area contributed by atoms with Crippen LogP contribution in [0.15, 0.2) is 22.7 Å². The Balaban J connectivity index is 2.92. The van der Waals surface area contributed by atoms with Crippen LogP contribution in [0.5, 0.6) is 0 Å². The molecule has 0 saturated carbocycles. The lowest BCUT2D eigenvalue weighted by atomic mass is 10.1. The first-order valence-corrected chi connectivity index (χ1v) is 7.97. The van der Waals surface area contributed by atoms with Crippen LogP contribution >= 0.6 is 15.9 Å². The summed E-state index contributed by atoms with van der Waals surface area (Å²) in [5.41, 5.74) is 2.14. The van der Waals surface area contributed by atoms with Gasteiger partial charge in [0.15, 0.2) is 0 Å². The Labute approximate surface area is 131 Å². The first-order valence-electron chi connectivity index (χ1n) is 7.18. The van der Waals surface area contributed by atoms with Crippen molar-refractivity contribution in [2.45, 2.75) is 26.9 Å². The van der Waals surface area contributed by atoms with Gasteiger partial charge in [-0.1, -0.05) is 35.8 Å². The number of halogens is 1. The molecule has 0 amide bonds. The summed E-state index contributed by atoms with van der Waals surface area (Å²) in [7, 11) is 4.19. The quantitative estimate of drug-likeness (QED) is 0.821. The highest BCUT2D eigenvalue weighted by Gasteiger charge is 2.12. The van der Waals surface area contributed by atoms with Crippen LogP contribution in [-0.4, -0.2) is 43.7 Å². The zero-order valence-electron chi connectivity index (χ0n) is 13.2. The fraction of sp³-hybridized carbons (Fsp3) is 0.625. The van der Waals surface area contributed by atoms with Crippen molar-refractivity contribution in [3.05, 3.63) is 28.2 Å². The molecule has 114 valence electrons. The summed E-state index contributed by atoms with van der Waals surface area (Å²) in [6.45, 7) is 9.34. The van der Waals surface area contributed by atoms with Crippen LogP contribution in [-0.2, 0) is 0 Å². The van der Waals surface area contributed by atoms with Crippen molar-refractivity contribution in [2.24, 2.45) is 5.92 Å². The summed E-state index contributed by atoms with van der Waals surface area (Å²) in [6.07, 6.45) is -0.446. The van der Waals surface area contributed by atoms with Crippen molar-refractivity contribution in [2.75, 3.05) is 38.6 Å². The summed E-state index contributed by atoms with van der Waals surface area (Å²) in [6, 6.07) is 6.22. The van der Waals surface area contributed by atoms with E-state index in [9.17, 15) is 5.11 Å². The third kappa shape index (κ3) is 5.43. The zero-order valence-corrected chi connectivity index (χ0v) is 14.8. The average molecular weight is 343 g/mol. The molecule has 1 unspecified atom stereocenters. The number of rotatable bonds is 7. The molecule has 1 aromatic carbocycles. The summed E-state index contributed by atoms with van der Waals surface area (Å²) < 4.78 is 0.976. The first-order chi connectivity index (χ1) is 9.31. The standard InChI is InChI=1S/C16H27BrN2O/c1-12(2)11-19(9-8-18(4)5)14-6-7-15(13(3)20)16(17)10-14/h6-7,10,12-13,20H,8-9,11H2,1-5H3. The molecule has 0 aromatic heterocycles. The molecule has 20 heavy (non-hydrogen) atoms. The minimum absolute atomic E-state index is 0.446. The van der Waals surface area contributed by atoms with Crippen LogP contribution in [0.25, 0.3) is 0 Å². The fourth-order valence-corrected chi connectivity index (χ4v) is 2.84. The Bertz CT molecular complexity index is 419. The molecule has 0 fully saturated rings. The monoisotopic (exact) mass is 342 g/mol. The van der Waals surface area contributed by atoms with Crippen molar-refractivity contribution in [1.82, 2.24) is 4.90 Å².